The molecule has 0 radical (unpaired) electrons. The lowest BCUT2D eigenvalue weighted by atomic mass is 10.0. The number of alkyl halides is 3. The summed E-state index contributed by atoms with van der Waals surface area (Å²) in [7, 11) is 1.66. The smallest absolute Gasteiger partial charge is 0.389 e. The predicted molar refractivity (Wildman–Crippen MR) is 55.3 cm³/mol. The van der Waals surface area contributed by atoms with Gasteiger partial charge in [-0.2, -0.15) is 13.2 Å². The first-order valence-electron chi connectivity index (χ1n) is 5.14. The van der Waals surface area contributed by atoms with E-state index in [1.165, 1.54) is 0 Å². The molecule has 0 aliphatic rings. The molecule has 1 aromatic heterocycles. The third-order valence-electron chi connectivity index (χ3n) is 2.52. The second-order valence-electron chi connectivity index (χ2n) is 3.86. The van der Waals surface area contributed by atoms with Crippen molar-refractivity contribution in [1.29, 1.82) is 0 Å². The van der Waals surface area contributed by atoms with Crippen LogP contribution in [0.2, 0.25) is 0 Å². The minimum absolute atomic E-state index is 0.0276. The van der Waals surface area contributed by atoms with Crippen LogP contribution < -0.4 is 5.32 Å². The van der Waals surface area contributed by atoms with Crippen LogP contribution in [0.3, 0.4) is 0 Å². The van der Waals surface area contributed by atoms with Gasteiger partial charge in [-0.15, -0.1) is 0 Å². The maximum atomic E-state index is 12.1. The Hall–Kier alpha value is -0.970. The molecular weight excluding hydrogens is 219 g/mol. The molecule has 0 spiro atoms. The van der Waals surface area contributed by atoms with E-state index in [4.69, 9.17) is 4.42 Å². The van der Waals surface area contributed by atoms with Crippen molar-refractivity contribution in [2.45, 2.75) is 38.9 Å². The Bertz CT molecular complexity index is 343. The van der Waals surface area contributed by atoms with Gasteiger partial charge in [0.05, 0.1) is 0 Å². The summed E-state index contributed by atoms with van der Waals surface area (Å²) in [6.07, 6.45) is -4.87. The number of furan rings is 1. The van der Waals surface area contributed by atoms with Gasteiger partial charge >= 0.3 is 6.18 Å². The molecule has 1 heterocycles. The molecule has 1 atom stereocenters. The van der Waals surface area contributed by atoms with Crippen molar-refractivity contribution in [2.75, 3.05) is 7.05 Å². The summed E-state index contributed by atoms with van der Waals surface area (Å²) in [4.78, 5) is 0. The third kappa shape index (κ3) is 3.56. The van der Waals surface area contributed by atoms with Crippen LogP contribution in [0.25, 0.3) is 0 Å². The number of halogens is 3. The van der Waals surface area contributed by atoms with Crippen LogP contribution in [0.1, 0.15) is 36.0 Å². The summed E-state index contributed by atoms with van der Waals surface area (Å²) in [5.74, 6) is 1.40. The molecule has 1 rings (SSSR count). The highest BCUT2D eigenvalue weighted by atomic mass is 19.4. The first-order chi connectivity index (χ1) is 7.33. The average Bonchev–Trinajstić information content (AvgIpc) is 2.45. The number of aryl methyl sites for hydroxylation is 2. The van der Waals surface area contributed by atoms with Crippen molar-refractivity contribution in [3.05, 3.63) is 23.2 Å². The molecule has 1 unspecified atom stereocenters. The molecule has 1 N–H and O–H groups in total. The Balaban J connectivity index is 2.71. The Morgan fingerprint density at radius 1 is 1.38 bits per heavy atom. The maximum absolute atomic E-state index is 12.1. The largest absolute Gasteiger partial charge is 0.466 e. The van der Waals surface area contributed by atoms with Crippen molar-refractivity contribution in [3.63, 3.8) is 0 Å². The normalized spacial score (nSPS) is 14.1. The SMILES string of the molecule is CNC(CCC(F)(F)F)c1cc(C)oc1C. The molecule has 1 aromatic rings. The molecule has 0 bridgehead atoms. The predicted octanol–water partition coefficient (Wildman–Crippen LogP) is 3.50. The second kappa shape index (κ2) is 4.91. The Kier molecular flexibility index (Phi) is 4.02. The lowest BCUT2D eigenvalue weighted by molar-refractivity contribution is -0.136. The first kappa shape index (κ1) is 13.1. The van der Waals surface area contributed by atoms with E-state index in [0.717, 1.165) is 11.3 Å². The fraction of sp³-hybridized carbons (Fsp3) is 0.636. The van der Waals surface area contributed by atoms with E-state index in [1.807, 2.05) is 0 Å². The van der Waals surface area contributed by atoms with Gasteiger partial charge in [-0.05, 0) is 33.4 Å². The van der Waals surface area contributed by atoms with Crippen LogP contribution in [0.5, 0.6) is 0 Å². The molecule has 0 fully saturated rings. The maximum Gasteiger partial charge on any atom is 0.389 e. The molecule has 5 heteroatoms. The summed E-state index contributed by atoms with van der Waals surface area (Å²) in [5.41, 5.74) is 0.809. The zero-order valence-corrected chi connectivity index (χ0v) is 9.61. The fourth-order valence-electron chi connectivity index (χ4n) is 1.76. The summed E-state index contributed by atoms with van der Waals surface area (Å²) in [6, 6.07) is 1.48. The minimum Gasteiger partial charge on any atom is -0.466 e. The summed E-state index contributed by atoms with van der Waals surface area (Å²) in [6.45, 7) is 3.55. The van der Waals surface area contributed by atoms with Gasteiger partial charge in [-0.25, -0.2) is 0 Å². The van der Waals surface area contributed by atoms with Gasteiger partial charge in [0.15, 0.2) is 0 Å². The van der Waals surface area contributed by atoms with Crippen molar-refractivity contribution >= 4 is 0 Å². The van der Waals surface area contributed by atoms with Crippen molar-refractivity contribution in [2.24, 2.45) is 0 Å². The molecular formula is C11H16F3NO. The summed E-state index contributed by atoms with van der Waals surface area (Å²) >= 11 is 0. The van der Waals surface area contributed by atoms with E-state index < -0.39 is 12.6 Å². The fourth-order valence-corrected chi connectivity index (χ4v) is 1.76. The Labute approximate surface area is 92.8 Å². The van der Waals surface area contributed by atoms with Crippen LogP contribution >= 0.6 is 0 Å². The molecule has 0 amide bonds. The summed E-state index contributed by atoms with van der Waals surface area (Å²) in [5, 5.41) is 2.89. The van der Waals surface area contributed by atoms with Crippen molar-refractivity contribution in [3.8, 4) is 0 Å². The number of rotatable bonds is 4. The van der Waals surface area contributed by atoms with Gasteiger partial charge in [0.1, 0.15) is 11.5 Å². The molecule has 0 aliphatic heterocycles. The van der Waals surface area contributed by atoms with Crippen LogP contribution in [-0.4, -0.2) is 13.2 Å². The van der Waals surface area contributed by atoms with Crippen molar-refractivity contribution < 1.29 is 17.6 Å². The monoisotopic (exact) mass is 235 g/mol. The van der Waals surface area contributed by atoms with Crippen LogP contribution in [0.15, 0.2) is 10.5 Å². The van der Waals surface area contributed by atoms with Gasteiger partial charge in [0.25, 0.3) is 0 Å². The number of nitrogens with one attached hydrogen (secondary N) is 1. The number of hydrogen-bond acceptors (Lipinski definition) is 2. The number of hydrogen-bond donors (Lipinski definition) is 1. The average molecular weight is 235 g/mol. The topological polar surface area (TPSA) is 25.2 Å². The highest BCUT2D eigenvalue weighted by Crippen LogP contribution is 2.29. The van der Waals surface area contributed by atoms with Gasteiger partial charge < -0.3 is 9.73 Å². The van der Waals surface area contributed by atoms with E-state index in [9.17, 15) is 13.2 Å². The molecule has 0 aliphatic carbocycles. The van der Waals surface area contributed by atoms with E-state index in [2.05, 4.69) is 5.32 Å². The lowest BCUT2D eigenvalue weighted by Gasteiger charge is -2.16. The molecule has 0 aromatic carbocycles. The van der Waals surface area contributed by atoms with Gasteiger partial charge in [-0.3, -0.25) is 0 Å². The van der Waals surface area contributed by atoms with Crippen LogP contribution in [0, 0.1) is 13.8 Å². The third-order valence-corrected chi connectivity index (χ3v) is 2.52. The zero-order valence-electron chi connectivity index (χ0n) is 9.61. The van der Waals surface area contributed by atoms with Gasteiger partial charge in [0.2, 0.25) is 0 Å². The van der Waals surface area contributed by atoms with Crippen LogP contribution in [-0.2, 0) is 0 Å². The first-order valence-corrected chi connectivity index (χ1v) is 5.14. The molecule has 92 valence electrons. The lowest BCUT2D eigenvalue weighted by Crippen LogP contribution is -2.19. The van der Waals surface area contributed by atoms with E-state index in [0.29, 0.717) is 5.76 Å². The highest BCUT2D eigenvalue weighted by Gasteiger charge is 2.29. The van der Waals surface area contributed by atoms with Gasteiger partial charge in [-0.1, -0.05) is 0 Å². The van der Waals surface area contributed by atoms with Crippen LogP contribution in [0.4, 0.5) is 13.2 Å². The standard InChI is InChI=1S/C11H16F3NO/c1-7-6-9(8(2)16-7)10(15-3)4-5-11(12,13)14/h6,10,15H,4-5H2,1-3H3. The molecule has 2 nitrogen and oxygen atoms in total. The summed E-state index contributed by atoms with van der Waals surface area (Å²) < 4.78 is 41.7. The highest BCUT2D eigenvalue weighted by molar-refractivity contribution is 5.23. The minimum atomic E-state index is -4.11. The Morgan fingerprint density at radius 3 is 2.38 bits per heavy atom. The van der Waals surface area contributed by atoms with Gasteiger partial charge in [0, 0.05) is 18.0 Å². The van der Waals surface area contributed by atoms with E-state index in [1.54, 1.807) is 27.0 Å². The Morgan fingerprint density at radius 2 is 2.00 bits per heavy atom. The molecule has 16 heavy (non-hydrogen) atoms. The van der Waals surface area contributed by atoms with Crippen molar-refractivity contribution in [1.82, 2.24) is 5.32 Å². The van der Waals surface area contributed by atoms with E-state index >= 15 is 0 Å². The second-order valence-corrected chi connectivity index (χ2v) is 3.86. The quantitative estimate of drug-likeness (QED) is 0.864. The molecule has 0 saturated carbocycles. The molecule has 0 saturated heterocycles. The van der Waals surface area contributed by atoms with E-state index in [-0.39, 0.29) is 12.5 Å². The zero-order chi connectivity index (χ0) is 12.3.